The summed E-state index contributed by atoms with van der Waals surface area (Å²) in [5, 5.41) is 8.67. The summed E-state index contributed by atoms with van der Waals surface area (Å²) in [6, 6.07) is 6.15. The molecule has 0 saturated carbocycles. The molecule has 0 aliphatic carbocycles. The average molecular weight is 194 g/mol. The standard InChI is InChI=1S/C9H10N2O3/c1-6(12)10-11-8-4-2-3-7(5-8)9(13)14/h2-5,11H,1H3,(H,10,12)(H,13,14). The van der Waals surface area contributed by atoms with Gasteiger partial charge in [-0.25, -0.2) is 4.79 Å². The zero-order chi connectivity index (χ0) is 10.6. The summed E-state index contributed by atoms with van der Waals surface area (Å²) in [4.78, 5) is 21.1. The van der Waals surface area contributed by atoms with Crippen molar-refractivity contribution in [3.63, 3.8) is 0 Å². The third kappa shape index (κ3) is 2.78. The number of rotatable bonds is 3. The maximum Gasteiger partial charge on any atom is 0.335 e. The van der Waals surface area contributed by atoms with E-state index >= 15 is 0 Å². The largest absolute Gasteiger partial charge is 0.478 e. The lowest BCUT2D eigenvalue weighted by Gasteiger charge is -2.06. The van der Waals surface area contributed by atoms with Crippen molar-refractivity contribution in [3.8, 4) is 0 Å². The quantitative estimate of drug-likeness (QED) is 0.623. The van der Waals surface area contributed by atoms with E-state index in [-0.39, 0.29) is 11.5 Å². The topological polar surface area (TPSA) is 78.4 Å². The molecule has 0 heterocycles. The number of carboxylic acid groups (broad SMARTS) is 1. The van der Waals surface area contributed by atoms with Gasteiger partial charge in [0.05, 0.1) is 11.3 Å². The van der Waals surface area contributed by atoms with E-state index in [4.69, 9.17) is 5.11 Å². The molecule has 5 nitrogen and oxygen atoms in total. The first-order valence-corrected chi connectivity index (χ1v) is 3.95. The Morgan fingerprint density at radius 3 is 2.64 bits per heavy atom. The minimum absolute atomic E-state index is 0.167. The monoisotopic (exact) mass is 194 g/mol. The van der Waals surface area contributed by atoms with Crippen LogP contribution in [0.1, 0.15) is 17.3 Å². The lowest BCUT2D eigenvalue weighted by atomic mass is 10.2. The molecule has 14 heavy (non-hydrogen) atoms. The molecule has 0 aliphatic rings. The lowest BCUT2D eigenvalue weighted by Crippen LogP contribution is -2.26. The van der Waals surface area contributed by atoms with Gasteiger partial charge in [-0.1, -0.05) is 6.07 Å². The van der Waals surface area contributed by atoms with Crippen LogP contribution in [0.2, 0.25) is 0 Å². The van der Waals surface area contributed by atoms with Gasteiger partial charge in [0.2, 0.25) is 5.91 Å². The number of carbonyl (C=O) groups excluding carboxylic acids is 1. The normalized spacial score (nSPS) is 9.21. The summed E-state index contributed by atoms with van der Waals surface area (Å²) >= 11 is 0. The van der Waals surface area contributed by atoms with Crippen LogP contribution in [0, 0.1) is 0 Å². The van der Waals surface area contributed by atoms with Crippen molar-refractivity contribution in [3.05, 3.63) is 29.8 Å². The molecule has 3 N–H and O–H groups in total. The van der Waals surface area contributed by atoms with Crippen molar-refractivity contribution in [2.75, 3.05) is 5.43 Å². The summed E-state index contributed by atoms with van der Waals surface area (Å²) in [6.07, 6.45) is 0. The predicted octanol–water partition coefficient (Wildman–Crippen LogP) is 0.848. The molecule has 5 heteroatoms. The van der Waals surface area contributed by atoms with Gasteiger partial charge in [0.1, 0.15) is 0 Å². The lowest BCUT2D eigenvalue weighted by molar-refractivity contribution is -0.118. The van der Waals surface area contributed by atoms with Crippen molar-refractivity contribution in [1.82, 2.24) is 5.43 Å². The van der Waals surface area contributed by atoms with Crippen LogP contribution in [-0.4, -0.2) is 17.0 Å². The fourth-order valence-corrected chi connectivity index (χ4v) is 0.890. The van der Waals surface area contributed by atoms with Crippen LogP contribution in [0.4, 0.5) is 5.69 Å². The summed E-state index contributed by atoms with van der Waals surface area (Å²) in [5.41, 5.74) is 5.62. The number of hydrogen-bond donors (Lipinski definition) is 3. The van der Waals surface area contributed by atoms with Gasteiger partial charge >= 0.3 is 5.97 Å². The number of hydrazine groups is 1. The van der Waals surface area contributed by atoms with E-state index in [0.29, 0.717) is 5.69 Å². The molecule has 1 aromatic rings. The van der Waals surface area contributed by atoms with E-state index < -0.39 is 5.97 Å². The third-order valence-electron chi connectivity index (χ3n) is 1.49. The molecule has 1 rings (SSSR count). The smallest absolute Gasteiger partial charge is 0.335 e. The number of carbonyl (C=O) groups is 2. The van der Waals surface area contributed by atoms with Crippen molar-refractivity contribution >= 4 is 17.6 Å². The molecule has 0 bridgehead atoms. The molecule has 0 atom stereocenters. The second-order valence-corrected chi connectivity index (χ2v) is 2.69. The SMILES string of the molecule is CC(=O)NNc1cccc(C(=O)O)c1. The molecule has 0 spiro atoms. The van der Waals surface area contributed by atoms with Gasteiger partial charge in [0.25, 0.3) is 0 Å². The summed E-state index contributed by atoms with van der Waals surface area (Å²) in [5.74, 6) is -1.25. The maximum absolute atomic E-state index is 10.6. The molecule has 1 amide bonds. The van der Waals surface area contributed by atoms with Crippen molar-refractivity contribution in [1.29, 1.82) is 0 Å². The molecule has 0 fully saturated rings. The number of nitrogens with one attached hydrogen (secondary N) is 2. The highest BCUT2D eigenvalue weighted by Crippen LogP contribution is 2.09. The Kier molecular flexibility index (Phi) is 3.06. The Balaban J connectivity index is 2.73. The number of aromatic carboxylic acids is 1. The van der Waals surface area contributed by atoms with Crippen molar-refractivity contribution in [2.24, 2.45) is 0 Å². The number of anilines is 1. The van der Waals surface area contributed by atoms with Crippen LogP contribution in [0.5, 0.6) is 0 Å². The zero-order valence-electron chi connectivity index (χ0n) is 7.57. The second kappa shape index (κ2) is 4.27. The molecule has 0 aromatic heterocycles. The summed E-state index contributed by atoms with van der Waals surface area (Å²) < 4.78 is 0. The molecular formula is C9H10N2O3. The fraction of sp³-hybridized carbons (Fsp3) is 0.111. The molecular weight excluding hydrogens is 184 g/mol. The van der Waals surface area contributed by atoms with Gasteiger partial charge in [-0.05, 0) is 18.2 Å². The van der Waals surface area contributed by atoms with Crippen molar-refractivity contribution in [2.45, 2.75) is 6.92 Å². The number of carboxylic acids is 1. The molecule has 0 saturated heterocycles. The van der Waals surface area contributed by atoms with Crippen LogP contribution in [0.3, 0.4) is 0 Å². The average Bonchev–Trinajstić information content (AvgIpc) is 2.15. The molecule has 0 radical (unpaired) electrons. The van der Waals surface area contributed by atoms with Gasteiger partial charge in [-0.3, -0.25) is 15.6 Å². The van der Waals surface area contributed by atoms with E-state index in [2.05, 4.69) is 10.9 Å². The third-order valence-corrected chi connectivity index (χ3v) is 1.49. The molecule has 0 unspecified atom stereocenters. The van der Waals surface area contributed by atoms with Gasteiger partial charge in [-0.2, -0.15) is 0 Å². The second-order valence-electron chi connectivity index (χ2n) is 2.69. The summed E-state index contributed by atoms with van der Waals surface area (Å²) in [7, 11) is 0. The van der Waals surface area contributed by atoms with E-state index in [9.17, 15) is 9.59 Å². The predicted molar refractivity (Wildman–Crippen MR) is 50.8 cm³/mol. The van der Waals surface area contributed by atoms with Crippen LogP contribution in [-0.2, 0) is 4.79 Å². The zero-order valence-corrected chi connectivity index (χ0v) is 7.57. The van der Waals surface area contributed by atoms with E-state index in [1.54, 1.807) is 12.1 Å². The van der Waals surface area contributed by atoms with Gasteiger partial charge in [0, 0.05) is 6.92 Å². The highest BCUT2D eigenvalue weighted by molar-refractivity contribution is 5.88. The van der Waals surface area contributed by atoms with Crippen molar-refractivity contribution < 1.29 is 14.7 Å². The Bertz CT molecular complexity index is 363. The number of hydrogen-bond acceptors (Lipinski definition) is 3. The first-order chi connectivity index (χ1) is 6.59. The highest BCUT2D eigenvalue weighted by Gasteiger charge is 2.02. The van der Waals surface area contributed by atoms with Gasteiger partial charge < -0.3 is 5.11 Å². The van der Waals surface area contributed by atoms with Crippen LogP contribution in [0.25, 0.3) is 0 Å². The van der Waals surface area contributed by atoms with Crippen LogP contribution >= 0.6 is 0 Å². The summed E-state index contributed by atoms with van der Waals surface area (Å²) in [6.45, 7) is 1.36. The molecule has 74 valence electrons. The highest BCUT2D eigenvalue weighted by atomic mass is 16.4. The Hall–Kier alpha value is -2.04. The number of amides is 1. The van der Waals surface area contributed by atoms with E-state index in [1.165, 1.54) is 19.1 Å². The Morgan fingerprint density at radius 2 is 2.07 bits per heavy atom. The Labute approximate surface area is 80.7 Å². The Morgan fingerprint density at radius 1 is 1.36 bits per heavy atom. The first-order valence-electron chi connectivity index (χ1n) is 3.95. The van der Waals surface area contributed by atoms with E-state index in [1.807, 2.05) is 0 Å². The first kappa shape index (κ1) is 10.0. The van der Waals surface area contributed by atoms with Gasteiger partial charge in [0.15, 0.2) is 0 Å². The number of benzene rings is 1. The van der Waals surface area contributed by atoms with E-state index in [0.717, 1.165) is 0 Å². The molecule has 0 aliphatic heterocycles. The maximum atomic E-state index is 10.6. The van der Waals surface area contributed by atoms with Crippen LogP contribution in [0.15, 0.2) is 24.3 Å². The van der Waals surface area contributed by atoms with Crippen LogP contribution < -0.4 is 10.9 Å². The molecule has 1 aromatic carbocycles. The minimum Gasteiger partial charge on any atom is -0.478 e. The minimum atomic E-state index is -1.00. The fourth-order valence-electron chi connectivity index (χ4n) is 0.890. The van der Waals surface area contributed by atoms with Gasteiger partial charge in [-0.15, -0.1) is 0 Å².